The Kier molecular flexibility index (Phi) is 8.71. The van der Waals surface area contributed by atoms with E-state index in [9.17, 15) is 0 Å². The third kappa shape index (κ3) is 8.63. The summed E-state index contributed by atoms with van der Waals surface area (Å²) in [5, 5.41) is 0. The molecule has 1 rings (SSSR count). The molecule has 2 N–H and O–H groups in total. The van der Waals surface area contributed by atoms with Crippen molar-refractivity contribution in [1.29, 1.82) is 0 Å². The van der Waals surface area contributed by atoms with Crippen LogP contribution in [0.25, 0.3) is 0 Å². The molecule has 1 aliphatic rings. The van der Waals surface area contributed by atoms with E-state index in [1.54, 1.807) is 0 Å². The van der Waals surface area contributed by atoms with Crippen LogP contribution in [-0.2, 0) is 4.52 Å². The first-order chi connectivity index (χ1) is 7.10. The third-order valence-electron chi connectivity index (χ3n) is 1.90. The van der Waals surface area contributed by atoms with E-state index < -0.39 is 8.60 Å². The third-order valence-corrected chi connectivity index (χ3v) is 2.23. The van der Waals surface area contributed by atoms with Gasteiger partial charge >= 0.3 is 8.60 Å². The van der Waals surface area contributed by atoms with Crippen molar-refractivity contribution in [2.75, 3.05) is 27.4 Å². The van der Waals surface area contributed by atoms with Crippen LogP contribution in [0, 0.1) is 0 Å². The lowest BCUT2D eigenvalue weighted by Crippen LogP contribution is -2.23. The zero-order chi connectivity index (χ0) is 11.7. The van der Waals surface area contributed by atoms with Crippen LogP contribution >= 0.6 is 8.60 Å². The van der Waals surface area contributed by atoms with Crippen LogP contribution in [0.15, 0.2) is 12.4 Å². The van der Waals surface area contributed by atoms with E-state index in [1.807, 2.05) is 0 Å². The second kappa shape index (κ2) is 8.92. The normalized spacial score (nSPS) is 14.5. The Morgan fingerprint density at radius 3 is 2.33 bits per heavy atom. The Morgan fingerprint density at radius 2 is 2.00 bits per heavy atom. The number of hydrogen-bond donors (Lipinski definition) is 2. The molecule has 15 heavy (non-hydrogen) atoms. The van der Waals surface area contributed by atoms with Crippen LogP contribution in [0.5, 0.6) is 0 Å². The average molecular weight is 236 g/mol. The molecule has 6 heteroatoms. The maximum atomic E-state index is 7.76. The predicted octanol–water partition coefficient (Wildman–Crippen LogP) is 1.31. The molecule has 0 radical (unpaired) electrons. The van der Waals surface area contributed by atoms with Crippen molar-refractivity contribution in [1.82, 2.24) is 9.80 Å². The second-order valence-electron chi connectivity index (χ2n) is 3.30. The Hall–Kier alpha value is -0.350. The molecule has 1 heterocycles. The number of hydrogen-bond acceptors (Lipinski definition) is 5. The summed E-state index contributed by atoms with van der Waals surface area (Å²) in [5.74, 6) is 0. The lowest BCUT2D eigenvalue weighted by Gasteiger charge is -2.17. The maximum Gasteiger partial charge on any atom is 0.326 e. The largest absolute Gasteiger partial charge is 0.362 e. The van der Waals surface area contributed by atoms with Crippen molar-refractivity contribution >= 4 is 8.60 Å². The summed E-state index contributed by atoms with van der Waals surface area (Å²) in [6.45, 7) is 4.50. The molecule has 0 spiro atoms. The van der Waals surface area contributed by atoms with Gasteiger partial charge in [0.1, 0.15) is 0 Å². The molecule has 0 aromatic heterocycles. The van der Waals surface area contributed by atoms with Crippen molar-refractivity contribution in [2.45, 2.75) is 19.8 Å². The minimum atomic E-state index is -2.10. The fourth-order valence-corrected chi connectivity index (χ4v) is 1.10. The van der Waals surface area contributed by atoms with Gasteiger partial charge in [-0.05, 0) is 6.42 Å². The van der Waals surface area contributed by atoms with E-state index in [-0.39, 0.29) is 0 Å². The van der Waals surface area contributed by atoms with E-state index in [2.05, 4.69) is 40.7 Å². The molecule has 0 unspecified atom stereocenters. The molecule has 0 aliphatic carbocycles. The molecule has 0 saturated heterocycles. The van der Waals surface area contributed by atoms with Gasteiger partial charge in [0, 0.05) is 33.1 Å². The van der Waals surface area contributed by atoms with Gasteiger partial charge in [-0.3, -0.25) is 0 Å². The maximum absolute atomic E-state index is 7.76. The van der Waals surface area contributed by atoms with E-state index >= 15 is 0 Å². The highest BCUT2D eigenvalue weighted by atomic mass is 31.2. The first kappa shape index (κ1) is 14.6. The van der Waals surface area contributed by atoms with Gasteiger partial charge in [-0.25, -0.2) is 0 Å². The highest BCUT2D eigenvalue weighted by molar-refractivity contribution is 7.39. The molecule has 0 aromatic rings. The molecule has 0 bridgehead atoms. The van der Waals surface area contributed by atoms with Gasteiger partial charge in [-0.15, -0.1) is 0 Å². The summed E-state index contributed by atoms with van der Waals surface area (Å²) < 4.78 is 3.93. The molecule has 0 amide bonds. The predicted molar refractivity (Wildman–Crippen MR) is 61.8 cm³/mol. The van der Waals surface area contributed by atoms with Crippen LogP contribution in [-0.4, -0.2) is 47.0 Å². The summed E-state index contributed by atoms with van der Waals surface area (Å²) in [7, 11) is 1.23. The quantitative estimate of drug-likeness (QED) is 0.721. The van der Waals surface area contributed by atoms with Crippen molar-refractivity contribution in [3.63, 3.8) is 0 Å². The summed E-state index contributed by atoms with van der Waals surface area (Å²) in [4.78, 5) is 20.0. The minimum Gasteiger partial charge on any atom is -0.362 e. The summed E-state index contributed by atoms with van der Waals surface area (Å²) in [6, 6.07) is 0. The number of rotatable bonds is 4. The topological polar surface area (TPSA) is 56.2 Å². The Labute approximate surface area is 93.0 Å². The smallest absolute Gasteiger partial charge is 0.326 e. The van der Waals surface area contributed by atoms with Crippen molar-refractivity contribution in [3.05, 3.63) is 12.4 Å². The van der Waals surface area contributed by atoms with Crippen molar-refractivity contribution in [2.24, 2.45) is 0 Å². The molecule has 0 fully saturated rings. The highest BCUT2D eigenvalue weighted by Gasteiger charge is 2.05. The summed E-state index contributed by atoms with van der Waals surface area (Å²) >= 11 is 0. The van der Waals surface area contributed by atoms with Crippen LogP contribution < -0.4 is 0 Å². The highest BCUT2D eigenvalue weighted by Crippen LogP contribution is 2.20. The van der Waals surface area contributed by atoms with Crippen molar-refractivity contribution in [3.8, 4) is 0 Å². The van der Waals surface area contributed by atoms with Gasteiger partial charge in [0.15, 0.2) is 0 Å². The van der Waals surface area contributed by atoms with Gasteiger partial charge in [0.25, 0.3) is 0 Å². The molecule has 0 aromatic carbocycles. The Bertz CT molecular complexity index is 179. The lowest BCUT2D eigenvalue weighted by molar-refractivity contribution is 0.293. The fourth-order valence-electron chi connectivity index (χ4n) is 1.10. The second-order valence-corrected chi connectivity index (χ2v) is 4.17. The molecule has 1 aliphatic heterocycles. The van der Waals surface area contributed by atoms with Gasteiger partial charge in [-0.2, -0.15) is 0 Å². The van der Waals surface area contributed by atoms with E-state index in [0.717, 1.165) is 6.67 Å². The zero-order valence-electron chi connectivity index (χ0n) is 9.63. The zero-order valence-corrected chi connectivity index (χ0v) is 10.5. The Morgan fingerprint density at radius 1 is 1.40 bits per heavy atom. The van der Waals surface area contributed by atoms with Crippen LogP contribution in [0.2, 0.25) is 0 Å². The standard InChI is InChI=1S/C8H16N2.CH5O3P/c1-3-4-5-10-7-6-9(2)8-10;1-4-5(2)3/h6-7H,3-5,8H2,1-2H3;2-3H,1H3. The monoisotopic (exact) mass is 236 g/mol. The van der Waals surface area contributed by atoms with E-state index in [4.69, 9.17) is 9.79 Å². The van der Waals surface area contributed by atoms with Crippen LogP contribution in [0.4, 0.5) is 0 Å². The van der Waals surface area contributed by atoms with Gasteiger partial charge in [-0.1, -0.05) is 13.3 Å². The molecular formula is C9H21N2O3P. The number of nitrogens with zero attached hydrogens (tertiary/aromatic N) is 2. The summed E-state index contributed by atoms with van der Waals surface area (Å²) in [6.07, 6.45) is 6.87. The lowest BCUT2D eigenvalue weighted by atomic mass is 10.3. The molecular weight excluding hydrogens is 215 g/mol. The SMILES string of the molecule is CCCCN1C=CN(C)C1.COP(O)O. The first-order valence-electron chi connectivity index (χ1n) is 4.94. The van der Waals surface area contributed by atoms with Crippen LogP contribution in [0.1, 0.15) is 19.8 Å². The Balaban J connectivity index is 0.000000336. The molecule has 0 saturated carbocycles. The minimum absolute atomic E-state index is 1.07. The number of unbranched alkanes of at least 4 members (excludes halogenated alkanes) is 1. The first-order valence-corrected chi connectivity index (χ1v) is 6.11. The van der Waals surface area contributed by atoms with Gasteiger partial charge in [0.05, 0.1) is 6.67 Å². The van der Waals surface area contributed by atoms with Gasteiger partial charge in [0.2, 0.25) is 0 Å². The van der Waals surface area contributed by atoms with E-state index in [1.165, 1.54) is 26.5 Å². The molecule has 5 nitrogen and oxygen atoms in total. The average Bonchev–Trinajstić information content (AvgIpc) is 2.62. The fraction of sp³-hybridized carbons (Fsp3) is 0.778. The van der Waals surface area contributed by atoms with Gasteiger partial charge < -0.3 is 24.1 Å². The van der Waals surface area contributed by atoms with E-state index in [0.29, 0.717) is 0 Å². The van der Waals surface area contributed by atoms with Crippen LogP contribution in [0.3, 0.4) is 0 Å². The molecule has 0 atom stereocenters. The van der Waals surface area contributed by atoms with Crippen molar-refractivity contribution < 1.29 is 14.3 Å². The summed E-state index contributed by atoms with van der Waals surface area (Å²) in [5.41, 5.74) is 0. The molecule has 90 valence electrons.